The summed E-state index contributed by atoms with van der Waals surface area (Å²) in [6, 6.07) is 5.89. The van der Waals surface area contributed by atoms with Crippen LogP contribution in [-0.2, 0) is 13.0 Å². The van der Waals surface area contributed by atoms with Gasteiger partial charge in [0.15, 0.2) is 0 Å². The fraction of sp³-hybridized carbons (Fsp3) is 0.533. The first-order valence-electron chi connectivity index (χ1n) is 7.12. The Bertz CT molecular complexity index is 561. The monoisotopic (exact) mass is 313 g/mol. The lowest BCUT2D eigenvalue weighted by molar-refractivity contribution is 0.290. The molecule has 1 aromatic carbocycles. The molecule has 0 aliphatic rings. The third-order valence-corrected chi connectivity index (χ3v) is 4.07. The van der Waals surface area contributed by atoms with Crippen molar-refractivity contribution in [2.45, 2.75) is 26.8 Å². The Morgan fingerprint density at radius 1 is 1.25 bits per heavy atom. The maximum Gasteiger partial charge on any atom is 0.111 e. The van der Waals surface area contributed by atoms with E-state index in [2.05, 4.69) is 28.3 Å². The summed E-state index contributed by atoms with van der Waals surface area (Å²) in [5.41, 5.74) is 2.10. The quantitative estimate of drug-likeness (QED) is 0.725. The Balaban J connectivity index is 2.30. The summed E-state index contributed by atoms with van der Waals surface area (Å²) in [4.78, 5) is 7.08. The SMILES string of the molecule is CCN(CC)CCn1c(CCCl)nc2cc(Cl)ccc21. The summed E-state index contributed by atoms with van der Waals surface area (Å²) >= 11 is 11.9. The first-order chi connectivity index (χ1) is 9.69. The summed E-state index contributed by atoms with van der Waals surface area (Å²) in [5.74, 6) is 1.63. The molecule has 2 rings (SSSR count). The fourth-order valence-corrected chi connectivity index (χ4v) is 2.79. The van der Waals surface area contributed by atoms with E-state index < -0.39 is 0 Å². The van der Waals surface area contributed by atoms with E-state index in [1.54, 1.807) is 0 Å². The maximum atomic E-state index is 6.05. The van der Waals surface area contributed by atoms with Gasteiger partial charge in [-0.15, -0.1) is 11.6 Å². The maximum absolute atomic E-state index is 6.05. The molecule has 5 heteroatoms. The molecule has 0 aliphatic heterocycles. The van der Waals surface area contributed by atoms with Crippen LogP contribution in [0.15, 0.2) is 18.2 Å². The van der Waals surface area contributed by atoms with Gasteiger partial charge in [0, 0.05) is 30.4 Å². The highest BCUT2D eigenvalue weighted by molar-refractivity contribution is 6.31. The van der Waals surface area contributed by atoms with E-state index in [1.807, 2.05) is 18.2 Å². The molecule has 0 saturated carbocycles. The molecule has 1 heterocycles. The van der Waals surface area contributed by atoms with Gasteiger partial charge in [0.1, 0.15) is 5.82 Å². The molecule has 3 nitrogen and oxygen atoms in total. The van der Waals surface area contributed by atoms with E-state index in [0.29, 0.717) is 5.88 Å². The predicted molar refractivity (Wildman–Crippen MR) is 87.0 cm³/mol. The van der Waals surface area contributed by atoms with Crippen molar-refractivity contribution in [3.05, 3.63) is 29.0 Å². The van der Waals surface area contributed by atoms with Crippen molar-refractivity contribution in [1.29, 1.82) is 0 Å². The molecule has 20 heavy (non-hydrogen) atoms. The normalized spacial score (nSPS) is 11.7. The summed E-state index contributed by atoms with van der Waals surface area (Å²) in [6.07, 6.45) is 0.784. The van der Waals surface area contributed by atoms with Crippen LogP contribution >= 0.6 is 23.2 Å². The Hall–Kier alpha value is -0.770. The third-order valence-electron chi connectivity index (χ3n) is 3.64. The highest BCUT2D eigenvalue weighted by Crippen LogP contribution is 2.21. The van der Waals surface area contributed by atoms with Crippen molar-refractivity contribution >= 4 is 34.2 Å². The number of halogens is 2. The number of aromatic nitrogens is 2. The molecule has 1 aromatic heterocycles. The van der Waals surface area contributed by atoms with Crippen LogP contribution in [0, 0.1) is 0 Å². The van der Waals surface area contributed by atoms with Crippen LogP contribution in [0.1, 0.15) is 19.7 Å². The van der Waals surface area contributed by atoms with Crippen LogP contribution in [0.25, 0.3) is 11.0 Å². The van der Waals surface area contributed by atoms with Gasteiger partial charge in [-0.05, 0) is 31.3 Å². The highest BCUT2D eigenvalue weighted by atomic mass is 35.5. The second-order valence-electron chi connectivity index (χ2n) is 4.78. The molecule has 0 spiro atoms. The Labute approximate surface area is 130 Å². The minimum absolute atomic E-state index is 0.586. The number of aryl methyl sites for hydroxylation is 1. The minimum Gasteiger partial charge on any atom is -0.327 e. The van der Waals surface area contributed by atoms with Crippen LogP contribution in [0.5, 0.6) is 0 Å². The zero-order valence-electron chi connectivity index (χ0n) is 12.1. The van der Waals surface area contributed by atoms with Crippen molar-refractivity contribution < 1.29 is 0 Å². The first kappa shape index (κ1) is 15.6. The van der Waals surface area contributed by atoms with E-state index in [9.17, 15) is 0 Å². The van der Waals surface area contributed by atoms with E-state index in [4.69, 9.17) is 23.2 Å². The molecule has 0 radical (unpaired) electrons. The molecule has 0 N–H and O–H groups in total. The molecule has 0 amide bonds. The van der Waals surface area contributed by atoms with Gasteiger partial charge in [-0.3, -0.25) is 0 Å². The van der Waals surface area contributed by atoms with Crippen molar-refractivity contribution in [1.82, 2.24) is 14.5 Å². The molecule has 2 aromatic rings. The lowest BCUT2D eigenvalue weighted by Gasteiger charge is -2.19. The fourth-order valence-electron chi connectivity index (χ4n) is 2.46. The summed E-state index contributed by atoms with van der Waals surface area (Å²) in [7, 11) is 0. The van der Waals surface area contributed by atoms with Crippen LogP contribution in [0.3, 0.4) is 0 Å². The smallest absolute Gasteiger partial charge is 0.111 e. The summed E-state index contributed by atoms with van der Waals surface area (Å²) < 4.78 is 2.27. The standard InChI is InChI=1S/C15H21Cl2N3/c1-3-19(4-2)9-10-20-14-6-5-12(17)11-13(14)18-15(20)7-8-16/h5-6,11H,3-4,7-10H2,1-2H3. The Kier molecular flexibility index (Phi) is 5.70. The van der Waals surface area contributed by atoms with Crippen LogP contribution < -0.4 is 0 Å². The van der Waals surface area contributed by atoms with E-state index in [1.165, 1.54) is 0 Å². The average molecular weight is 314 g/mol. The number of imidazole rings is 1. The van der Waals surface area contributed by atoms with Gasteiger partial charge in [0.2, 0.25) is 0 Å². The van der Waals surface area contributed by atoms with Gasteiger partial charge in [0.05, 0.1) is 11.0 Å². The van der Waals surface area contributed by atoms with Crippen molar-refractivity contribution in [3.8, 4) is 0 Å². The molecular formula is C15H21Cl2N3. The van der Waals surface area contributed by atoms with Crippen LogP contribution in [0.2, 0.25) is 5.02 Å². The molecule has 0 saturated heterocycles. The van der Waals surface area contributed by atoms with E-state index >= 15 is 0 Å². The molecule has 0 unspecified atom stereocenters. The minimum atomic E-state index is 0.586. The second-order valence-corrected chi connectivity index (χ2v) is 5.59. The van der Waals surface area contributed by atoms with Gasteiger partial charge in [-0.25, -0.2) is 4.98 Å². The number of rotatable bonds is 7. The zero-order valence-corrected chi connectivity index (χ0v) is 13.6. The lowest BCUT2D eigenvalue weighted by Crippen LogP contribution is -2.27. The number of benzene rings is 1. The lowest BCUT2D eigenvalue weighted by atomic mass is 10.3. The number of hydrogen-bond acceptors (Lipinski definition) is 2. The Morgan fingerprint density at radius 2 is 2.00 bits per heavy atom. The first-order valence-corrected chi connectivity index (χ1v) is 8.03. The van der Waals surface area contributed by atoms with E-state index in [-0.39, 0.29) is 0 Å². The topological polar surface area (TPSA) is 21.1 Å². The van der Waals surface area contributed by atoms with Gasteiger partial charge in [-0.1, -0.05) is 25.4 Å². The van der Waals surface area contributed by atoms with Crippen molar-refractivity contribution in [2.24, 2.45) is 0 Å². The molecular weight excluding hydrogens is 293 g/mol. The van der Waals surface area contributed by atoms with Gasteiger partial charge < -0.3 is 9.47 Å². The largest absolute Gasteiger partial charge is 0.327 e. The van der Waals surface area contributed by atoms with Gasteiger partial charge >= 0.3 is 0 Å². The number of likely N-dealkylation sites (N-methyl/N-ethyl adjacent to an activating group) is 1. The van der Waals surface area contributed by atoms with Gasteiger partial charge in [-0.2, -0.15) is 0 Å². The van der Waals surface area contributed by atoms with Crippen molar-refractivity contribution in [2.75, 3.05) is 25.5 Å². The molecule has 0 bridgehead atoms. The summed E-state index contributed by atoms with van der Waals surface area (Å²) in [5, 5.41) is 0.725. The molecule has 0 fully saturated rings. The van der Waals surface area contributed by atoms with Crippen LogP contribution in [0.4, 0.5) is 0 Å². The highest BCUT2D eigenvalue weighted by Gasteiger charge is 2.11. The number of fused-ring (bicyclic) bond motifs is 1. The summed E-state index contributed by atoms with van der Waals surface area (Å²) in [6.45, 7) is 8.48. The number of nitrogens with zero attached hydrogens (tertiary/aromatic N) is 3. The second kappa shape index (κ2) is 7.30. The predicted octanol–water partition coefficient (Wildman–Crippen LogP) is 3.81. The molecule has 0 atom stereocenters. The molecule has 110 valence electrons. The third kappa shape index (κ3) is 3.46. The van der Waals surface area contributed by atoms with E-state index in [0.717, 1.165) is 54.5 Å². The van der Waals surface area contributed by atoms with Crippen molar-refractivity contribution in [3.63, 3.8) is 0 Å². The zero-order chi connectivity index (χ0) is 14.5. The number of hydrogen-bond donors (Lipinski definition) is 0. The molecule has 0 aliphatic carbocycles. The Morgan fingerprint density at radius 3 is 2.65 bits per heavy atom. The van der Waals surface area contributed by atoms with Crippen LogP contribution in [-0.4, -0.2) is 40.0 Å². The van der Waals surface area contributed by atoms with Gasteiger partial charge in [0.25, 0.3) is 0 Å². The average Bonchev–Trinajstić information content (AvgIpc) is 2.77. The number of alkyl halides is 1.